The quantitative estimate of drug-likeness (QED) is 0.292. The Bertz CT molecular complexity index is 174. The Morgan fingerprint density at radius 1 is 1.38 bits per heavy atom. The number of ether oxygens (including phenoxy) is 1. The summed E-state index contributed by atoms with van der Waals surface area (Å²) in [7, 11) is 1.41. The van der Waals surface area contributed by atoms with Crippen LogP contribution in [0, 0.1) is 0 Å². The van der Waals surface area contributed by atoms with Gasteiger partial charge in [0.2, 0.25) is 0 Å². The number of hydrogen-bond acceptors (Lipinski definition) is 3. The Labute approximate surface area is 79.2 Å². The Hall–Kier alpha value is -1.06. The van der Waals surface area contributed by atoms with Crippen molar-refractivity contribution in [2.24, 2.45) is 10.7 Å². The SMILES string of the molecule is COC(=O)CCCCCN=C(C)N. The summed E-state index contributed by atoms with van der Waals surface area (Å²) in [6.45, 7) is 2.53. The molecule has 0 aromatic carbocycles. The van der Waals surface area contributed by atoms with Crippen molar-refractivity contribution < 1.29 is 9.53 Å². The lowest BCUT2D eigenvalue weighted by molar-refractivity contribution is -0.140. The van der Waals surface area contributed by atoms with Crippen molar-refractivity contribution in [1.82, 2.24) is 0 Å². The number of nitrogens with two attached hydrogens (primary N) is 1. The molecule has 2 N–H and O–H groups in total. The van der Waals surface area contributed by atoms with Gasteiger partial charge in [0, 0.05) is 13.0 Å². The smallest absolute Gasteiger partial charge is 0.305 e. The van der Waals surface area contributed by atoms with Crippen molar-refractivity contribution in [2.75, 3.05) is 13.7 Å². The summed E-state index contributed by atoms with van der Waals surface area (Å²) < 4.78 is 4.51. The third-order valence-corrected chi connectivity index (χ3v) is 1.63. The second-order valence-corrected chi connectivity index (χ2v) is 2.91. The van der Waals surface area contributed by atoms with Gasteiger partial charge < -0.3 is 10.5 Å². The molecule has 76 valence electrons. The average Bonchev–Trinajstić information content (AvgIpc) is 2.10. The lowest BCUT2D eigenvalue weighted by Crippen LogP contribution is -2.06. The first-order valence-electron chi connectivity index (χ1n) is 4.50. The van der Waals surface area contributed by atoms with E-state index in [2.05, 4.69) is 9.73 Å². The molecule has 0 aliphatic rings. The topological polar surface area (TPSA) is 64.7 Å². The summed E-state index contributed by atoms with van der Waals surface area (Å²) in [5.74, 6) is 0.478. The van der Waals surface area contributed by atoms with Gasteiger partial charge in [-0.1, -0.05) is 6.42 Å². The van der Waals surface area contributed by atoms with E-state index in [1.807, 2.05) is 0 Å². The van der Waals surface area contributed by atoms with Gasteiger partial charge in [0.15, 0.2) is 0 Å². The zero-order chi connectivity index (χ0) is 10.1. The molecule has 0 spiro atoms. The van der Waals surface area contributed by atoms with E-state index in [9.17, 15) is 4.79 Å². The highest BCUT2D eigenvalue weighted by Gasteiger charge is 1.98. The minimum absolute atomic E-state index is 0.140. The van der Waals surface area contributed by atoms with Crippen molar-refractivity contribution in [3.05, 3.63) is 0 Å². The van der Waals surface area contributed by atoms with Crippen molar-refractivity contribution in [2.45, 2.75) is 32.6 Å². The molecule has 0 radical (unpaired) electrons. The molecule has 0 atom stereocenters. The zero-order valence-corrected chi connectivity index (χ0v) is 8.38. The molecule has 0 aromatic rings. The van der Waals surface area contributed by atoms with Crippen LogP contribution in [-0.2, 0) is 9.53 Å². The zero-order valence-electron chi connectivity index (χ0n) is 8.38. The van der Waals surface area contributed by atoms with Crippen LogP contribution in [0.2, 0.25) is 0 Å². The maximum atomic E-state index is 10.7. The van der Waals surface area contributed by atoms with E-state index in [0.29, 0.717) is 12.3 Å². The van der Waals surface area contributed by atoms with Gasteiger partial charge in [0.05, 0.1) is 12.9 Å². The van der Waals surface area contributed by atoms with E-state index in [1.54, 1.807) is 6.92 Å². The summed E-state index contributed by atoms with van der Waals surface area (Å²) in [5.41, 5.74) is 5.35. The van der Waals surface area contributed by atoms with Gasteiger partial charge in [0.25, 0.3) is 0 Å². The molecule has 0 aliphatic carbocycles. The summed E-state index contributed by atoms with van der Waals surface area (Å²) >= 11 is 0. The molecule has 0 aliphatic heterocycles. The predicted octanol–water partition coefficient (Wildman–Crippen LogP) is 1.10. The number of aliphatic imine (C=N–C) groups is 1. The lowest BCUT2D eigenvalue weighted by atomic mass is 10.2. The van der Waals surface area contributed by atoms with Gasteiger partial charge in [-0.2, -0.15) is 0 Å². The molecule has 13 heavy (non-hydrogen) atoms. The molecule has 0 amide bonds. The summed E-state index contributed by atoms with van der Waals surface area (Å²) in [6.07, 6.45) is 3.34. The highest BCUT2D eigenvalue weighted by Crippen LogP contribution is 2.00. The largest absolute Gasteiger partial charge is 0.469 e. The number of amidine groups is 1. The first kappa shape index (κ1) is 11.9. The van der Waals surface area contributed by atoms with Crippen LogP contribution in [-0.4, -0.2) is 25.5 Å². The fourth-order valence-electron chi connectivity index (χ4n) is 0.915. The second kappa shape index (κ2) is 7.58. The van der Waals surface area contributed by atoms with Crippen molar-refractivity contribution in [3.8, 4) is 0 Å². The first-order valence-corrected chi connectivity index (χ1v) is 4.50. The maximum absolute atomic E-state index is 10.7. The van der Waals surface area contributed by atoms with Gasteiger partial charge in [-0.25, -0.2) is 0 Å². The monoisotopic (exact) mass is 186 g/mol. The molecule has 0 unspecified atom stereocenters. The predicted molar refractivity (Wildman–Crippen MR) is 52.6 cm³/mol. The molecule has 0 bridgehead atoms. The van der Waals surface area contributed by atoms with Crippen LogP contribution in [0.1, 0.15) is 32.6 Å². The van der Waals surface area contributed by atoms with Gasteiger partial charge in [-0.3, -0.25) is 9.79 Å². The molecule has 4 nitrogen and oxygen atoms in total. The molecule has 4 heteroatoms. The summed E-state index contributed by atoms with van der Waals surface area (Å²) in [5, 5.41) is 0. The molecule has 0 aromatic heterocycles. The number of carbonyl (C=O) groups is 1. The van der Waals surface area contributed by atoms with Gasteiger partial charge >= 0.3 is 5.97 Å². The van der Waals surface area contributed by atoms with Gasteiger partial charge in [0.1, 0.15) is 0 Å². The van der Waals surface area contributed by atoms with Crippen LogP contribution >= 0.6 is 0 Å². The third-order valence-electron chi connectivity index (χ3n) is 1.63. The molecule has 0 heterocycles. The maximum Gasteiger partial charge on any atom is 0.305 e. The normalized spacial score (nSPS) is 11.4. The minimum Gasteiger partial charge on any atom is -0.469 e. The van der Waals surface area contributed by atoms with Crippen LogP contribution in [0.5, 0.6) is 0 Å². The molecule has 0 fully saturated rings. The number of carbonyl (C=O) groups excluding carboxylic acids is 1. The van der Waals surface area contributed by atoms with Crippen molar-refractivity contribution >= 4 is 11.8 Å². The fourth-order valence-corrected chi connectivity index (χ4v) is 0.915. The average molecular weight is 186 g/mol. The van der Waals surface area contributed by atoms with Gasteiger partial charge in [-0.05, 0) is 19.8 Å². The van der Waals surface area contributed by atoms with Crippen LogP contribution in [0.4, 0.5) is 0 Å². The number of methoxy groups -OCH3 is 1. The molecule has 0 saturated carbocycles. The Kier molecular flexibility index (Phi) is 6.96. The van der Waals surface area contributed by atoms with E-state index >= 15 is 0 Å². The molecule has 0 saturated heterocycles. The molecule has 0 rings (SSSR count). The van der Waals surface area contributed by atoms with Crippen molar-refractivity contribution in [1.29, 1.82) is 0 Å². The Balaban J connectivity index is 3.18. The number of hydrogen-bond donors (Lipinski definition) is 1. The minimum atomic E-state index is -0.140. The van der Waals surface area contributed by atoms with Crippen molar-refractivity contribution in [3.63, 3.8) is 0 Å². The first-order chi connectivity index (χ1) is 6.16. The van der Waals surface area contributed by atoms with Crippen LogP contribution < -0.4 is 5.73 Å². The van der Waals surface area contributed by atoms with E-state index in [1.165, 1.54) is 7.11 Å². The number of esters is 1. The molecular weight excluding hydrogens is 168 g/mol. The standard InChI is InChI=1S/C9H18N2O2/c1-8(10)11-7-5-3-4-6-9(12)13-2/h3-7H2,1-2H3,(H2,10,11). The highest BCUT2D eigenvalue weighted by molar-refractivity contribution is 5.77. The summed E-state index contributed by atoms with van der Waals surface area (Å²) in [4.78, 5) is 14.7. The van der Waals surface area contributed by atoms with Crippen LogP contribution in [0.15, 0.2) is 4.99 Å². The van der Waals surface area contributed by atoms with E-state index < -0.39 is 0 Å². The fraction of sp³-hybridized carbons (Fsp3) is 0.778. The lowest BCUT2D eigenvalue weighted by Gasteiger charge is -1.98. The van der Waals surface area contributed by atoms with Crippen LogP contribution in [0.3, 0.4) is 0 Å². The molecular formula is C9H18N2O2. The Morgan fingerprint density at radius 2 is 2.08 bits per heavy atom. The second-order valence-electron chi connectivity index (χ2n) is 2.91. The van der Waals surface area contributed by atoms with Gasteiger partial charge in [-0.15, -0.1) is 0 Å². The highest BCUT2D eigenvalue weighted by atomic mass is 16.5. The number of rotatable bonds is 6. The third kappa shape index (κ3) is 8.85. The van der Waals surface area contributed by atoms with Crippen LogP contribution in [0.25, 0.3) is 0 Å². The number of nitrogens with zero attached hydrogens (tertiary/aromatic N) is 1. The Morgan fingerprint density at radius 3 is 2.62 bits per heavy atom. The number of unbranched alkanes of at least 4 members (excludes halogenated alkanes) is 2. The van der Waals surface area contributed by atoms with E-state index in [0.717, 1.165) is 25.8 Å². The van der Waals surface area contributed by atoms with E-state index in [4.69, 9.17) is 5.73 Å². The van der Waals surface area contributed by atoms with E-state index in [-0.39, 0.29) is 5.97 Å². The summed E-state index contributed by atoms with van der Waals surface area (Å²) in [6, 6.07) is 0.